The lowest BCUT2D eigenvalue weighted by Crippen LogP contribution is -2.39. The molecular formula is C18H19ClFN3OS. The third-order valence-electron chi connectivity index (χ3n) is 4.02. The van der Waals surface area contributed by atoms with Gasteiger partial charge in [0.15, 0.2) is 5.11 Å². The number of hydrogen-bond donors (Lipinski definition) is 1. The van der Waals surface area contributed by atoms with Crippen molar-refractivity contribution in [3.05, 3.63) is 59.1 Å². The Morgan fingerprint density at radius 3 is 2.84 bits per heavy atom. The Balaban J connectivity index is 1.73. The van der Waals surface area contributed by atoms with Crippen molar-refractivity contribution >= 4 is 34.6 Å². The second-order valence-electron chi connectivity index (χ2n) is 5.93. The van der Waals surface area contributed by atoms with Crippen molar-refractivity contribution in [2.75, 3.05) is 18.5 Å². The fourth-order valence-corrected chi connectivity index (χ4v) is 3.21. The first-order valence-corrected chi connectivity index (χ1v) is 8.92. The largest absolute Gasteiger partial charge is 0.376 e. The van der Waals surface area contributed by atoms with Crippen LogP contribution in [0.5, 0.6) is 0 Å². The van der Waals surface area contributed by atoms with Crippen molar-refractivity contribution in [1.82, 2.24) is 9.88 Å². The predicted octanol–water partition coefficient (Wildman–Crippen LogP) is 4.25. The quantitative estimate of drug-likeness (QED) is 0.786. The van der Waals surface area contributed by atoms with Gasteiger partial charge < -0.3 is 15.0 Å². The normalized spacial score (nSPS) is 16.6. The van der Waals surface area contributed by atoms with E-state index in [1.807, 2.05) is 17.0 Å². The van der Waals surface area contributed by atoms with Crippen LogP contribution in [0.2, 0.25) is 5.02 Å². The van der Waals surface area contributed by atoms with Gasteiger partial charge in [0.05, 0.1) is 11.1 Å². The maximum absolute atomic E-state index is 13.4. The summed E-state index contributed by atoms with van der Waals surface area (Å²) in [6, 6.07) is 8.44. The zero-order chi connectivity index (χ0) is 17.6. The highest BCUT2D eigenvalue weighted by Gasteiger charge is 2.21. The molecular weight excluding hydrogens is 361 g/mol. The van der Waals surface area contributed by atoms with Crippen LogP contribution < -0.4 is 5.32 Å². The molecule has 132 valence electrons. The van der Waals surface area contributed by atoms with E-state index in [4.69, 9.17) is 28.6 Å². The molecule has 0 aliphatic carbocycles. The van der Waals surface area contributed by atoms with E-state index >= 15 is 0 Å². The first-order valence-electron chi connectivity index (χ1n) is 8.13. The molecule has 1 aromatic carbocycles. The second kappa shape index (κ2) is 8.56. The average molecular weight is 380 g/mol. The van der Waals surface area contributed by atoms with E-state index in [0.29, 0.717) is 18.2 Å². The summed E-state index contributed by atoms with van der Waals surface area (Å²) in [6.07, 6.45) is 5.63. The Bertz CT molecular complexity index is 726. The number of nitrogens with zero attached hydrogens (tertiary/aromatic N) is 2. The summed E-state index contributed by atoms with van der Waals surface area (Å²) in [5, 5.41) is 3.92. The van der Waals surface area contributed by atoms with E-state index in [0.717, 1.165) is 30.7 Å². The Morgan fingerprint density at radius 1 is 1.36 bits per heavy atom. The van der Waals surface area contributed by atoms with Crippen molar-refractivity contribution in [3.8, 4) is 0 Å². The summed E-state index contributed by atoms with van der Waals surface area (Å²) in [6.45, 7) is 1.98. The van der Waals surface area contributed by atoms with E-state index in [2.05, 4.69) is 10.3 Å². The van der Waals surface area contributed by atoms with E-state index in [9.17, 15) is 4.39 Å². The number of anilines is 1. The van der Waals surface area contributed by atoms with Gasteiger partial charge in [0.25, 0.3) is 0 Å². The minimum atomic E-state index is -0.423. The molecule has 1 aliphatic rings. The highest BCUT2D eigenvalue weighted by atomic mass is 35.5. The van der Waals surface area contributed by atoms with Crippen LogP contribution in [0.3, 0.4) is 0 Å². The molecule has 0 bridgehead atoms. The van der Waals surface area contributed by atoms with Crippen molar-refractivity contribution in [2.45, 2.75) is 25.5 Å². The summed E-state index contributed by atoms with van der Waals surface area (Å²) in [5.41, 5.74) is 1.76. The van der Waals surface area contributed by atoms with Gasteiger partial charge in [0.2, 0.25) is 0 Å². The number of rotatable bonds is 5. The number of nitrogens with one attached hydrogen (secondary N) is 1. The zero-order valence-electron chi connectivity index (χ0n) is 13.6. The second-order valence-corrected chi connectivity index (χ2v) is 6.72. The average Bonchev–Trinajstić information content (AvgIpc) is 3.11. The molecule has 0 radical (unpaired) electrons. The van der Waals surface area contributed by atoms with Gasteiger partial charge in [0, 0.05) is 37.8 Å². The minimum absolute atomic E-state index is 0.113. The monoisotopic (exact) mass is 379 g/mol. The lowest BCUT2D eigenvalue weighted by Gasteiger charge is -2.28. The summed E-state index contributed by atoms with van der Waals surface area (Å²) >= 11 is 11.5. The fourth-order valence-electron chi connectivity index (χ4n) is 2.75. The molecule has 4 nitrogen and oxygen atoms in total. The molecule has 3 rings (SSSR count). The molecule has 0 amide bonds. The van der Waals surface area contributed by atoms with Crippen molar-refractivity contribution in [3.63, 3.8) is 0 Å². The lowest BCUT2D eigenvalue weighted by molar-refractivity contribution is 0.0905. The molecule has 1 fully saturated rings. The summed E-state index contributed by atoms with van der Waals surface area (Å²) in [5.74, 6) is -0.423. The van der Waals surface area contributed by atoms with Crippen LogP contribution in [0.4, 0.5) is 10.1 Å². The Labute approximate surface area is 157 Å². The fraction of sp³-hybridized carbons (Fsp3) is 0.333. The van der Waals surface area contributed by atoms with E-state index in [1.165, 1.54) is 6.07 Å². The molecule has 1 aromatic heterocycles. The zero-order valence-corrected chi connectivity index (χ0v) is 15.2. The topological polar surface area (TPSA) is 37.4 Å². The Kier molecular flexibility index (Phi) is 6.18. The van der Waals surface area contributed by atoms with Gasteiger partial charge in [-0.05, 0) is 54.9 Å². The lowest BCUT2D eigenvalue weighted by atomic mass is 10.2. The first kappa shape index (κ1) is 18.0. The van der Waals surface area contributed by atoms with Gasteiger partial charge in [-0.2, -0.15) is 0 Å². The van der Waals surface area contributed by atoms with Gasteiger partial charge >= 0.3 is 0 Å². The van der Waals surface area contributed by atoms with Crippen LogP contribution in [-0.4, -0.2) is 34.3 Å². The molecule has 1 atom stereocenters. The smallest absolute Gasteiger partial charge is 0.173 e. The van der Waals surface area contributed by atoms with Crippen LogP contribution in [-0.2, 0) is 11.3 Å². The van der Waals surface area contributed by atoms with E-state index in [-0.39, 0.29) is 11.1 Å². The number of halogens is 2. The predicted molar refractivity (Wildman–Crippen MR) is 101 cm³/mol. The van der Waals surface area contributed by atoms with Gasteiger partial charge in [-0.25, -0.2) is 4.39 Å². The standard InChI is InChI=1S/C18H19ClFN3OS/c19-16-10-13(3-4-17(16)20)11-23(12-15-2-1-9-24-15)18(25)22-14-5-7-21-8-6-14/h3-8,10,15H,1-2,9,11-12H2,(H,21,22,25)/t15-/m0/s1. The summed E-state index contributed by atoms with van der Waals surface area (Å²) in [7, 11) is 0. The highest BCUT2D eigenvalue weighted by molar-refractivity contribution is 7.80. The third kappa shape index (κ3) is 5.11. The number of benzene rings is 1. The van der Waals surface area contributed by atoms with Crippen molar-refractivity contribution in [1.29, 1.82) is 0 Å². The summed E-state index contributed by atoms with van der Waals surface area (Å²) in [4.78, 5) is 6.02. The van der Waals surface area contributed by atoms with Crippen LogP contribution in [0.25, 0.3) is 0 Å². The molecule has 25 heavy (non-hydrogen) atoms. The van der Waals surface area contributed by atoms with Crippen molar-refractivity contribution in [2.24, 2.45) is 0 Å². The van der Waals surface area contributed by atoms with Gasteiger partial charge in [-0.1, -0.05) is 17.7 Å². The van der Waals surface area contributed by atoms with Crippen molar-refractivity contribution < 1.29 is 9.13 Å². The first-order chi connectivity index (χ1) is 12.1. The van der Waals surface area contributed by atoms with Crippen LogP contribution in [0.1, 0.15) is 18.4 Å². The number of ether oxygens (including phenoxy) is 1. The molecule has 0 saturated carbocycles. The van der Waals surface area contributed by atoms with E-state index in [1.54, 1.807) is 24.5 Å². The molecule has 0 spiro atoms. The third-order valence-corrected chi connectivity index (χ3v) is 4.67. The summed E-state index contributed by atoms with van der Waals surface area (Å²) < 4.78 is 19.1. The number of pyridine rings is 1. The molecule has 1 aliphatic heterocycles. The molecule has 1 N–H and O–H groups in total. The van der Waals surface area contributed by atoms with Crippen LogP contribution in [0, 0.1) is 5.82 Å². The minimum Gasteiger partial charge on any atom is -0.376 e. The Morgan fingerprint density at radius 2 is 2.16 bits per heavy atom. The molecule has 2 heterocycles. The van der Waals surface area contributed by atoms with E-state index < -0.39 is 5.82 Å². The van der Waals surface area contributed by atoms with Gasteiger partial charge in [0.1, 0.15) is 5.82 Å². The van der Waals surface area contributed by atoms with Crippen LogP contribution >= 0.6 is 23.8 Å². The molecule has 1 saturated heterocycles. The van der Waals surface area contributed by atoms with Crippen LogP contribution in [0.15, 0.2) is 42.7 Å². The number of hydrogen-bond acceptors (Lipinski definition) is 3. The number of aromatic nitrogens is 1. The van der Waals surface area contributed by atoms with Gasteiger partial charge in [-0.15, -0.1) is 0 Å². The highest BCUT2D eigenvalue weighted by Crippen LogP contribution is 2.20. The Hall–Kier alpha value is -1.76. The maximum atomic E-state index is 13.4. The molecule has 7 heteroatoms. The maximum Gasteiger partial charge on any atom is 0.173 e. The molecule has 2 aromatic rings. The molecule has 0 unspecified atom stereocenters. The SMILES string of the molecule is Fc1ccc(CN(C[C@@H]2CCCO2)C(=S)Nc2ccncc2)cc1Cl. The number of thiocarbonyl (C=S) groups is 1. The van der Waals surface area contributed by atoms with Gasteiger partial charge in [-0.3, -0.25) is 4.98 Å².